The number of benzene rings is 1. The minimum Gasteiger partial charge on any atom is -0.368 e. The monoisotopic (exact) mass is 418 g/mol. The van der Waals surface area contributed by atoms with E-state index in [1.165, 1.54) is 0 Å². The van der Waals surface area contributed by atoms with Crippen molar-refractivity contribution in [2.45, 2.75) is 32.2 Å². The Bertz CT molecular complexity index is 1180. The molecule has 2 N–H and O–H groups in total. The number of imidazole rings is 1. The van der Waals surface area contributed by atoms with Gasteiger partial charge in [0.15, 0.2) is 22.8 Å². The molecule has 8 heteroatoms. The summed E-state index contributed by atoms with van der Waals surface area (Å²) in [6.45, 7) is 2.92. The zero-order valence-corrected chi connectivity index (χ0v) is 17.4. The standard InChI is InChI=1S/C22H22N6OS/c1-2-10-23-20-18-21(28(13-24-18)17-9-11-30-12-17)27-19(26-20)14-3-5-15(6-4-14)22(29)25-16-7-8-16/h3-6,9,11-13,16H,2,7-8,10H2,1H3,(H,25,29)(H,23,26,27). The van der Waals surface area contributed by atoms with Crippen LogP contribution in [0, 0.1) is 0 Å². The number of hydrogen-bond donors (Lipinski definition) is 2. The highest BCUT2D eigenvalue weighted by molar-refractivity contribution is 7.08. The van der Waals surface area contributed by atoms with Crippen molar-refractivity contribution >= 4 is 34.2 Å². The van der Waals surface area contributed by atoms with Crippen molar-refractivity contribution in [1.29, 1.82) is 0 Å². The number of anilines is 1. The zero-order chi connectivity index (χ0) is 20.5. The third kappa shape index (κ3) is 3.66. The first-order chi connectivity index (χ1) is 14.7. The summed E-state index contributed by atoms with van der Waals surface area (Å²) in [5, 5.41) is 10.5. The first-order valence-electron chi connectivity index (χ1n) is 10.2. The fourth-order valence-corrected chi connectivity index (χ4v) is 3.87. The fourth-order valence-electron chi connectivity index (χ4n) is 3.25. The number of thiophene rings is 1. The van der Waals surface area contributed by atoms with Crippen LogP contribution < -0.4 is 10.6 Å². The highest BCUT2D eigenvalue weighted by atomic mass is 32.1. The Morgan fingerprint density at radius 3 is 2.73 bits per heavy atom. The van der Waals surface area contributed by atoms with E-state index in [4.69, 9.17) is 9.97 Å². The van der Waals surface area contributed by atoms with Gasteiger partial charge in [-0.2, -0.15) is 11.3 Å². The van der Waals surface area contributed by atoms with Crippen LogP contribution in [0.3, 0.4) is 0 Å². The molecule has 1 aliphatic rings. The molecule has 5 rings (SSSR count). The lowest BCUT2D eigenvalue weighted by Gasteiger charge is -2.09. The summed E-state index contributed by atoms with van der Waals surface area (Å²) in [4.78, 5) is 26.4. The largest absolute Gasteiger partial charge is 0.368 e. The number of amides is 1. The van der Waals surface area contributed by atoms with E-state index < -0.39 is 0 Å². The number of hydrogen-bond acceptors (Lipinski definition) is 6. The summed E-state index contributed by atoms with van der Waals surface area (Å²) in [5.74, 6) is 1.30. The summed E-state index contributed by atoms with van der Waals surface area (Å²) in [5.41, 5.74) is 4.05. The van der Waals surface area contributed by atoms with Gasteiger partial charge in [-0.3, -0.25) is 9.36 Å². The molecule has 1 fully saturated rings. The number of nitrogens with zero attached hydrogens (tertiary/aromatic N) is 4. The predicted molar refractivity (Wildman–Crippen MR) is 119 cm³/mol. The smallest absolute Gasteiger partial charge is 0.251 e. The maximum absolute atomic E-state index is 12.3. The Morgan fingerprint density at radius 2 is 2.03 bits per heavy atom. The predicted octanol–water partition coefficient (Wildman–Crippen LogP) is 4.26. The highest BCUT2D eigenvalue weighted by Crippen LogP contribution is 2.27. The molecule has 1 aromatic carbocycles. The van der Waals surface area contributed by atoms with E-state index in [9.17, 15) is 4.79 Å². The van der Waals surface area contributed by atoms with E-state index in [0.717, 1.165) is 54.0 Å². The molecule has 3 heterocycles. The van der Waals surface area contributed by atoms with Crippen molar-refractivity contribution in [3.8, 4) is 17.1 Å². The van der Waals surface area contributed by atoms with Crippen molar-refractivity contribution in [1.82, 2.24) is 24.8 Å². The molecular weight excluding hydrogens is 396 g/mol. The first-order valence-corrected chi connectivity index (χ1v) is 11.1. The number of aromatic nitrogens is 4. The second-order valence-corrected chi connectivity index (χ2v) is 8.20. The lowest BCUT2D eigenvalue weighted by Crippen LogP contribution is -2.25. The van der Waals surface area contributed by atoms with Gasteiger partial charge in [0, 0.05) is 29.1 Å². The lowest BCUT2D eigenvalue weighted by atomic mass is 10.1. The fraction of sp³-hybridized carbons (Fsp3) is 0.273. The molecular formula is C22H22N6OS. The maximum atomic E-state index is 12.3. The second kappa shape index (κ2) is 7.87. The van der Waals surface area contributed by atoms with Gasteiger partial charge in [-0.15, -0.1) is 0 Å². The van der Waals surface area contributed by atoms with Crippen molar-refractivity contribution in [2.75, 3.05) is 11.9 Å². The molecule has 0 saturated heterocycles. The van der Waals surface area contributed by atoms with E-state index in [2.05, 4.69) is 27.9 Å². The van der Waals surface area contributed by atoms with Gasteiger partial charge in [0.2, 0.25) is 0 Å². The molecule has 4 aromatic rings. The van der Waals surface area contributed by atoms with Crippen LogP contribution in [0.15, 0.2) is 47.4 Å². The van der Waals surface area contributed by atoms with Gasteiger partial charge < -0.3 is 10.6 Å². The molecule has 3 aromatic heterocycles. The normalized spacial score (nSPS) is 13.5. The van der Waals surface area contributed by atoms with Gasteiger partial charge in [0.05, 0.1) is 5.69 Å². The SMILES string of the molecule is CCCNc1nc(-c2ccc(C(=O)NC3CC3)cc2)nc2c1ncn2-c1ccsc1. The van der Waals surface area contributed by atoms with E-state index in [1.807, 2.05) is 40.3 Å². The number of rotatable bonds is 7. The molecule has 0 atom stereocenters. The van der Waals surface area contributed by atoms with Crippen LogP contribution in [0.4, 0.5) is 5.82 Å². The molecule has 1 amide bonds. The topological polar surface area (TPSA) is 84.7 Å². The van der Waals surface area contributed by atoms with Crippen molar-refractivity contribution < 1.29 is 4.79 Å². The number of carbonyl (C=O) groups excluding carboxylic acids is 1. The van der Waals surface area contributed by atoms with Gasteiger partial charge in [-0.1, -0.05) is 19.1 Å². The van der Waals surface area contributed by atoms with Gasteiger partial charge >= 0.3 is 0 Å². The maximum Gasteiger partial charge on any atom is 0.251 e. The summed E-state index contributed by atoms with van der Waals surface area (Å²) >= 11 is 1.63. The Hall–Kier alpha value is -3.26. The summed E-state index contributed by atoms with van der Waals surface area (Å²) < 4.78 is 1.98. The zero-order valence-electron chi connectivity index (χ0n) is 16.6. The Balaban J connectivity index is 1.54. The summed E-state index contributed by atoms with van der Waals surface area (Å²) in [6, 6.07) is 9.84. The van der Waals surface area contributed by atoms with Crippen molar-refractivity contribution in [3.05, 3.63) is 53.0 Å². The van der Waals surface area contributed by atoms with Crippen molar-refractivity contribution in [3.63, 3.8) is 0 Å². The molecule has 1 saturated carbocycles. The average Bonchev–Trinajstić information content (AvgIpc) is 3.25. The molecule has 1 aliphatic carbocycles. The van der Waals surface area contributed by atoms with E-state index in [1.54, 1.807) is 17.7 Å². The first kappa shape index (κ1) is 18.7. The quantitative estimate of drug-likeness (QED) is 0.468. The van der Waals surface area contributed by atoms with Crippen LogP contribution in [0.25, 0.3) is 28.2 Å². The highest BCUT2D eigenvalue weighted by Gasteiger charge is 2.23. The second-order valence-electron chi connectivity index (χ2n) is 7.42. The number of carbonyl (C=O) groups is 1. The molecule has 152 valence electrons. The molecule has 30 heavy (non-hydrogen) atoms. The van der Waals surface area contributed by atoms with Gasteiger partial charge in [0.25, 0.3) is 5.91 Å². The van der Waals surface area contributed by atoms with Crippen LogP contribution in [0.5, 0.6) is 0 Å². The lowest BCUT2D eigenvalue weighted by molar-refractivity contribution is 0.0951. The van der Waals surface area contributed by atoms with Crippen LogP contribution in [0.2, 0.25) is 0 Å². The summed E-state index contributed by atoms with van der Waals surface area (Å²) in [7, 11) is 0. The van der Waals surface area contributed by atoms with Crippen molar-refractivity contribution in [2.24, 2.45) is 0 Å². The minimum atomic E-state index is -0.0266. The summed E-state index contributed by atoms with van der Waals surface area (Å²) in [6.07, 6.45) is 4.91. The minimum absolute atomic E-state index is 0.0266. The van der Waals surface area contributed by atoms with Crippen LogP contribution in [-0.2, 0) is 0 Å². The van der Waals surface area contributed by atoms with Gasteiger partial charge in [-0.05, 0) is 42.8 Å². The van der Waals surface area contributed by atoms with Crippen LogP contribution in [0.1, 0.15) is 36.5 Å². The Morgan fingerprint density at radius 1 is 1.20 bits per heavy atom. The molecule has 0 bridgehead atoms. The molecule has 0 spiro atoms. The van der Waals surface area contributed by atoms with Crippen LogP contribution in [-0.4, -0.2) is 38.0 Å². The molecule has 0 unspecified atom stereocenters. The molecule has 0 aliphatic heterocycles. The van der Waals surface area contributed by atoms with Gasteiger partial charge in [0.1, 0.15) is 6.33 Å². The van der Waals surface area contributed by atoms with E-state index in [-0.39, 0.29) is 5.91 Å². The third-order valence-corrected chi connectivity index (χ3v) is 5.71. The van der Waals surface area contributed by atoms with E-state index in [0.29, 0.717) is 17.4 Å². The average molecular weight is 419 g/mol. The van der Waals surface area contributed by atoms with Gasteiger partial charge in [-0.25, -0.2) is 15.0 Å². The Kier molecular flexibility index (Phi) is 4.92. The van der Waals surface area contributed by atoms with Crippen LogP contribution >= 0.6 is 11.3 Å². The number of nitrogens with one attached hydrogen (secondary N) is 2. The number of fused-ring (bicyclic) bond motifs is 1. The molecule has 7 nitrogen and oxygen atoms in total. The van der Waals surface area contributed by atoms with E-state index >= 15 is 0 Å². The third-order valence-electron chi connectivity index (χ3n) is 5.04. The molecule has 0 radical (unpaired) electrons. The Labute approximate surface area is 178 Å².